The maximum absolute atomic E-state index is 12.4. The summed E-state index contributed by atoms with van der Waals surface area (Å²) in [6, 6.07) is 2.54. The Bertz CT molecular complexity index is 1060. The molecule has 0 atom stereocenters. The van der Waals surface area contributed by atoms with Gasteiger partial charge in [-0.15, -0.1) is 0 Å². The highest BCUT2D eigenvalue weighted by Crippen LogP contribution is 2.29. The number of nitrogens with one attached hydrogen (secondary N) is 3. The summed E-state index contributed by atoms with van der Waals surface area (Å²) < 4.78 is 52.5. The van der Waals surface area contributed by atoms with Crippen molar-refractivity contribution in [2.24, 2.45) is 0 Å². The van der Waals surface area contributed by atoms with E-state index in [-0.39, 0.29) is 5.69 Å². The number of carbonyl (C=O) groups is 4. The predicted octanol–water partition coefficient (Wildman–Crippen LogP) is -1.90. The van der Waals surface area contributed by atoms with E-state index in [1.54, 1.807) is 9.44 Å². The Labute approximate surface area is 154 Å². The van der Waals surface area contributed by atoms with Crippen LogP contribution < -0.4 is 19.9 Å². The number of amides is 4. The van der Waals surface area contributed by atoms with Crippen LogP contribution in [0.2, 0.25) is 0 Å². The Hall–Kier alpha value is -3.00. The molecule has 12 nitrogen and oxygen atoms in total. The summed E-state index contributed by atoms with van der Waals surface area (Å²) >= 11 is 0. The lowest BCUT2D eigenvalue weighted by atomic mass is 10.3. The summed E-state index contributed by atoms with van der Waals surface area (Å²) in [4.78, 5) is 44.2. The molecule has 0 radical (unpaired) electrons. The minimum atomic E-state index is -4.60. The summed E-state index contributed by atoms with van der Waals surface area (Å²) in [5.41, 5.74) is 1.75. The van der Waals surface area contributed by atoms with Crippen LogP contribution in [0, 0.1) is 0 Å². The fraction of sp³-hybridized carbons (Fsp3) is 0.231. The zero-order valence-electron chi connectivity index (χ0n) is 14.0. The summed E-state index contributed by atoms with van der Waals surface area (Å²) in [6.45, 7) is 1.86. The number of sulfonamides is 2. The second kappa shape index (κ2) is 6.96. The van der Waals surface area contributed by atoms with Crippen molar-refractivity contribution in [3.05, 3.63) is 18.2 Å². The Morgan fingerprint density at radius 3 is 2.04 bits per heavy atom. The van der Waals surface area contributed by atoms with Gasteiger partial charge in [-0.1, -0.05) is 0 Å². The van der Waals surface area contributed by atoms with Crippen molar-refractivity contribution in [1.29, 1.82) is 0 Å². The molecule has 1 aromatic rings. The first-order valence-electron chi connectivity index (χ1n) is 7.17. The first kappa shape index (κ1) is 20.3. The van der Waals surface area contributed by atoms with Crippen LogP contribution in [0.4, 0.5) is 5.69 Å². The molecule has 0 aromatic heterocycles. The average Bonchev–Trinajstić information content (AvgIpc) is 2.82. The zero-order valence-corrected chi connectivity index (χ0v) is 15.6. The van der Waals surface area contributed by atoms with Gasteiger partial charge in [0.1, 0.15) is 11.3 Å². The van der Waals surface area contributed by atoms with Gasteiger partial charge in [0, 0.05) is 13.8 Å². The van der Waals surface area contributed by atoms with E-state index in [1.807, 2.05) is 0 Å². The number of nitrogens with zero attached hydrogens (tertiary/aromatic N) is 1. The lowest BCUT2D eigenvalue weighted by Crippen LogP contribution is -2.38. The van der Waals surface area contributed by atoms with E-state index in [1.165, 1.54) is 0 Å². The van der Waals surface area contributed by atoms with Gasteiger partial charge in [-0.2, -0.15) is 0 Å². The molecule has 1 heterocycles. The van der Waals surface area contributed by atoms with Crippen LogP contribution in [0.3, 0.4) is 0 Å². The topological polar surface area (TPSA) is 176 Å². The Kier molecular flexibility index (Phi) is 5.23. The maximum Gasteiger partial charge on any atom is 0.266 e. The van der Waals surface area contributed by atoms with Gasteiger partial charge in [-0.3, -0.25) is 24.6 Å². The summed E-state index contributed by atoms with van der Waals surface area (Å²) in [6.07, 6.45) is -0.536. The van der Waals surface area contributed by atoms with Crippen molar-refractivity contribution < 1.29 is 36.0 Å². The fourth-order valence-electron chi connectivity index (χ4n) is 2.19. The molecule has 1 fully saturated rings. The molecule has 3 N–H and O–H groups in total. The SMILES string of the molecule is CC(=O)NS(=O)(=O)c1ccc(N2NC(=O)CC2=O)c(S(=O)(=O)NC(C)=O)c1. The van der Waals surface area contributed by atoms with Gasteiger partial charge < -0.3 is 0 Å². The van der Waals surface area contributed by atoms with E-state index in [9.17, 15) is 36.0 Å². The molecule has 4 amide bonds. The summed E-state index contributed by atoms with van der Waals surface area (Å²) in [5.74, 6) is -3.35. The summed E-state index contributed by atoms with van der Waals surface area (Å²) in [7, 11) is -9.00. The van der Waals surface area contributed by atoms with E-state index in [0.29, 0.717) is 11.1 Å². The number of hydrogen-bond donors (Lipinski definition) is 3. The third-order valence-electron chi connectivity index (χ3n) is 3.13. The van der Waals surface area contributed by atoms with Crippen LogP contribution in [0.5, 0.6) is 0 Å². The smallest absolute Gasteiger partial charge is 0.266 e. The highest BCUT2D eigenvalue weighted by atomic mass is 32.2. The molecular weight excluding hydrogens is 404 g/mol. The van der Waals surface area contributed by atoms with Crippen molar-refractivity contribution in [1.82, 2.24) is 14.9 Å². The Morgan fingerprint density at radius 1 is 1.00 bits per heavy atom. The first-order chi connectivity index (χ1) is 12.3. The molecule has 27 heavy (non-hydrogen) atoms. The minimum absolute atomic E-state index is 0.374. The number of rotatable bonds is 5. The lowest BCUT2D eigenvalue weighted by Gasteiger charge is -2.20. The highest BCUT2D eigenvalue weighted by Gasteiger charge is 2.34. The van der Waals surface area contributed by atoms with Gasteiger partial charge >= 0.3 is 0 Å². The number of anilines is 1. The second-order valence-corrected chi connectivity index (χ2v) is 8.73. The zero-order chi connectivity index (χ0) is 20.6. The van der Waals surface area contributed by atoms with Crippen LogP contribution >= 0.6 is 0 Å². The number of hydrogen-bond acceptors (Lipinski definition) is 8. The molecule has 14 heteroatoms. The Morgan fingerprint density at radius 2 is 1.56 bits per heavy atom. The van der Waals surface area contributed by atoms with Crippen LogP contribution in [0.25, 0.3) is 0 Å². The Balaban J connectivity index is 2.68. The monoisotopic (exact) mass is 418 g/mol. The van der Waals surface area contributed by atoms with E-state index >= 15 is 0 Å². The average molecular weight is 418 g/mol. The molecule has 2 rings (SSSR count). The molecule has 0 spiro atoms. The number of hydrazine groups is 1. The molecule has 0 saturated carbocycles. The van der Waals surface area contributed by atoms with Crippen molar-refractivity contribution >= 4 is 49.4 Å². The van der Waals surface area contributed by atoms with Crippen molar-refractivity contribution in [3.63, 3.8) is 0 Å². The molecule has 1 saturated heterocycles. The van der Waals surface area contributed by atoms with Crippen LogP contribution in [0.15, 0.2) is 28.0 Å². The number of benzene rings is 1. The van der Waals surface area contributed by atoms with Gasteiger partial charge in [-0.25, -0.2) is 31.3 Å². The third-order valence-corrected chi connectivity index (χ3v) is 6.02. The van der Waals surface area contributed by atoms with Crippen molar-refractivity contribution in [2.45, 2.75) is 30.1 Å². The standard InChI is InChI=1S/C13H14N4O8S2/c1-7(18)15-26(22,23)9-3-4-10(17-13(21)6-12(20)14-17)11(5-9)27(24,25)16-8(2)19/h3-5H,6H2,1-2H3,(H,14,20)(H,15,18)(H,16,19). The quantitative estimate of drug-likeness (QED) is 0.465. The molecule has 0 aliphatic carbocycles. The van der Waals surface area contributed by atoms with Crippen LogP contribution in [0.1, 0.15) is 20.3 Å². The van der Waals surface area contributed by atoms with Crippen molar-refractivity contribution in [3.8, 4) is 0 Å². The molecule has 146 valence electrons. The van der Waals surface area contributed by atoms with E-state index in [2.05, 4.69) is 5.43 Å². The fourth-order valence-corrected chi connectivity index (χ4v) is 4.49. The van der Waals surface area contributed by atoms with Gasteiger partial charge in [-0.05, 0) is 18.2 Å². The number of carbonyl (C=O) groups excluding carboxylic acids is 4. The largest absolute Gasteiger partial charge is 0.274 e. The van der Waals surface area contributed by atoms with Gasteiger partial charge in [0.05, 0.1) is 10.6 Å². The first-order valence-corrected chi connectivity index (χ1v) is 10.1. The molecule has 0 unspecified atom stereocenters. The van der Waals surface area contributed by atoms with E-state index in [0.717, 1.165) is 26.0 Å². The van der Waals surface area contributed by atoms with Gasteiger partial charge in [0.2, 0.25) is 17.7 Å². The molecule has 0 bridgehead atoms. The molecule has 1 aliphatic rings. The maximum atomic E-state index is 12.4. The third kappa shape index (κ3) is 4.40. The normalized spacial score (nSPS) is 14.7. The van der Waals surface area contributed by atoms with E-state index in [4.69, 9.17) is 0 Å². The second-order valence-electron chi connectivity index (χ2n) is 5.39. The van der Waals surface area contributed by atoms with Crippen molar-refractivity contribution in [2.75, 3.05) is 5.01 Å². The van der Waals surface area contributed by atoms with E-state index < -0.39 is 59.9 Å². The summed E-state index contributed by atoms with van der Waals surface area (Å²) in [5, 5.41) is 0.631. The van der Waals surface area contributed by atoms with Crippen LogP contribution in [-0.2, 0) is 39.2 Å². The highest BCUT2D eigenvalue weighted by molar-refractivity contribution is 7.91. The predicted molar refractivity (Wildman–Crippen MR) is 88.7 cm³/mol. The molecule has 1 aromatic carbocycles. The van der Waals surface area contributed by atoms with Gasteiger partial charge in [0.15, 0.2) is 0 Å². The lowest BCUT2D eigenvalue weighted by molar-refractivity contribution is -0.122. The molecular formula is C13H14N4O8S2. The molecule has 1 aliphatic heterocycles. The van der Waals surface area contributed by atoms with Gasteiger partial charge in [0.25, 0.3) is 26.0 Å². The minimum Gasteiger partial charge on any atom is -0.274 e. The van der Waals surface area contributed by atoms with Crippen LogP contribution in [-0.4, -0.2) is 40.5 Å².